The van der Waals surface area contributed by atoms with Gasteiger partial charge >= 0.3 is 12.3 Å². The lowest BCUT2D eigenvalue weighted by Crippen LogP contribution is -2.50. The minimum Gasteiger partial charge on any atom is -0.491 e. The van der Waals surface area contributed by atoms with Gasteiger partial charge in [0.2, 0.25) is 0 Å². The molecule has 0 spiro atoms. The van der Waals surface area contributed by atoms with E-state index in [1.807, 2.05) is 0 Å². The summed E-state index contributed by atoms with van der Waals surface area (Å²) in [6, 6.07) is 12.1. The first kappa shape index (κ1) is 24.1. The number of rotatable bonds is 5. The highest BCUT2D eigenvalue weighted by Crippen LogP contribution is 2.42. The van der Waals surface area contributed by atoms with E-state index in [0.717, 1.165) is 12.1 Å². The predicted molar refractivity (Wildman–Crippen MR) is 121 cm³/mol. The second-order valence-corrected chi connectivity index (χ2v) is 8.29. The average Bonchev–Trinajstić information content (AvgIpc) is 3.29. The lowest BCUT2D eigenvalue weighted by molar-refractivity contribution is -0.275. The molecule has 0 aliphatic carbocycles. The first-order valence-electron chi connectivity index (χ1n) is 10.9. The Kier molecular flexibility index (Phi) is 5.73. The number of aromatic carboxylic acids is 1. The molecule has 1 aliphatic heterocycles. The third-order valence-corrected chi connectivity index (χ3v) is 6.00. The van der Waals surface area contributed by atoms with Gasteiger partial charge in [-0.25, -0.2) is 9.18 Å². The number of carbonyl (C=O) groups is 2. The molecule has 37 heavy (non-hydrogen) atoms. The van der Waals surface area contributed by atoms with E-state index in [-0.39, 0.29) is 35.5 Å². The molecule has 0 fully saturated rings. The van der Waals surface area contributed by atoms with Gasteiger partial charge in [-0.3, -0.25) is 9.78 Å². The maximum absolute atomic E-state index is 14.7. The zero-order chi connectivity index (χ0) is 26.4. The van der Waals surface area contributed by atoms with E-state index in [4.69, 9.17) is 4.74 Å². The Labute approximate surface area is 205 Å². The van der Waals surface area contributed by atoms with E-state index in [9.17, 15) is 32.3 Å². The smallest absolute Gasteiger partial charge is 0.491 e. The maximum Gasteiger partial charge on any atom is 0.573 e. The number of hydrogen-bond acceptors (Lipinski definition) is 5. The fourth-order valence-electron chi connectivity index (χ4n) is 4.36. The van der Waals surface area contributed by atoms with Crippen molar-refractivity contribution in [2.75, 3.05) is 6.61 Å². The van der Waals surface area contributed by atoms with Crippen LogP contribution in [0.25, 0.3) is 10.9 Å². The molecule has 1 amide bonds. The summed E-state index contributed by atoms with van der Waals surface area (Å²) in [5.74, 6) is -3.75. The maximum atomic E-state index is 14.7. The minimum absolute atomic E-state index is 0.0526. The first-order chi connectivity index (χ1) is 17.6. The number of pyridine rings is 1. The third-order valence-electron chi connectivity index (χ3n) is 6.00. The highest BCUT2D eigenvalue weighted by molar-refractivity contribution is 6.00. The molecule has 4 aromatic rings. The summed E-state index contributed by atoms with van der Waals surface area (Å²) in [6.07, 6.45) is -3.54. The van der Waals surface area contributed by atoms with E-state index in [1.165, 1.54) is 30.5 Å². The van der Waals surface area contributed by atoms with Crippen molar-refractivity contribution in [1.29, 1.82) is 0 Å². The van der Waals surface area contributed by atoms with Crippen molar-refractivity contribution in [1.82, 2.24) is 15.3 Å². The van der Waals surface area contributed by atoms with Crippen molar-refractivity contribution in [2.45, 2.75) is 18.3 Å². The molecule has 2 aromatic heterocycles. The Morgan fingerprint density at radius 1 is 1.14 bits per heavy atom. The molecule has 0 saturated heterocycles. The second kappa shape index (κ2) is 8.80. The number of H-pyrrole nitrogens is 1. The summed E-state index contributed by atoms with van der Waals surface area (Å²) < 4.78 is 62.1. The number of aromatic nitrogens is 2. The van der Waals surface area contributed by atoms with Crippen LogP contribution >= 0.6 is 0 Å². The zero-order valence-electron chi connectivity index (χ0n) is 18.7. The molecule has 190 valence electrons. The van der Waals surface area contributed by atoms with Crippen molar-refractivity contribution >= 4 is 22.8 Å². The highest BCUT2D eigenvalue weighted by atomic mass is 19.4. The Bertz CT molecular complexity index is 1530. The van der Waals surface area contributed by atoms with Gasteiger partial charge in [0.25, 0.3) is 5.91 Å². The van der Waals surface area contributed by atoms with Crippen LogP contribution in [0.2, 0.25) is 0 Å². The van der Waals surface area contributed by atoms with Crippen molar-refractivity contribution in [3.63, 3.8) is 0 Å². The lowest BCUT2D eigenvalue weighted by Gasteiger charge is -2.39. The van der Waals surface area contributed by atoms with Crippen LogP contribution in [0.5, 0.6) is 11.5 Å². The van der Waals surface area contributed by atoms with Gasteiger partial charge in [-0.1, -0.05) is 12.1 Å². The van der Waals surface area contributed by atoms with Crippen LogP contribution in [0.3, 0.4) is 0 Å². The molecule has 3 N–H and O–H groups in total. The van der Waals surface area contributed by atoms with Crippen molar-refractivity contribution in [3.8, 4) is 11.5 Å². The number of ether oxygens (including phenoxy) is 2. The number of benzene rings is 2. The highest BCUT2D eigenvalue weighted by Gasteiger charge is 2.43. The number of nitrogens with one attached hydrogen (secondary N) is 2. The number of halogens is 4. The molecule has 0 saturated carbocycles. The number of fused-ring (bicyclic) bond motifs is 2. The largest absolute Gasteiger partial charge is 0.573 e. The van der Waals surface area contributed by atoms with Gasteiger partial charge in [0.15, 0.2) is 11.6 Å². The van der Waals surface area contributed by atoms with E-state index in [1.54, 1.807) is 18.2 Å². The third kappa shape index (κ3) is 4.53. The number of carbonyl (C=O) groups excluding carboxylic acids is 1. The molecule has 1 unspecified atom stereocenters. The van der Waals surface area contributed by atoms with Gasteiger partial charge in [0.05, 0.1) is 6.61 Å². The predicted octanol–water partition coefficient (Wildman–Crippen LogP) is 4.75. The average molecular weight is 515 g/mol. The number of alkyl halides is 3. The van der Waals surface area contributed by atoms with Crippen LogP contribution < -0.4 is 14.8 Å². The van der Waals surface area contributed by atoms with Crippen LogP contribution in [0, 0.1) is 5.82 Å². The molecule has 1 aliphatic rings. The second-order valence-electron chi connectivity index (χ2n) is 8.29. The fraction of sp³-hybridized carbons (Fsp3) is 0.160. The Balaban J connectivity index is 1.58. The van der Waals surface area contributed by atoms with Gasteiger partial charge in [0.1, 0.15) is 22.7 Å². The first-order valence-corrected chi connectivity index (χ1v) is 10.9. The molecule has 1 atom stereocenters. The summed E-state index contributed by atoms with van der Waals surface area (Å²) >= 11 is 0. The molecule has 5 rings (SSSR count). The SMILES string of the molecule is O=C(NC1(c2ccc(OC(F)(F)F)c(F)c2)CCOc2cccnc21)c1ccc2cc(C(=O)O)[nH]c2c1. The van der Waals surface area contributed by atoms with Crippen LogP contribution in [-0.2, 0) is 5.54 Å². The minimum atomic E-state index is -5.09. The van der Waals surface area contributed by atoms with Gasteiger partial charge in [-0.05, 0) is 48.0 Å². The van der Waals surface area contributed by atoms with E-state index < -0.39 is 35.3 Å². The molecule has 12 heteroatoms. The molecular weight excluding hydrogens is 498 g/mol. The standard InChI is InChI=1S/C25H17F4N3O5/c26-16-12-15(5-6-19(16)37-25(27,28)29)24(7-9-36-20-2-1-8-30-21(20)24)32-22(33)14-4-3-13-10-18(23(34)35)31-17(13)11-14/h1-6,8,10-12,31H,7,9H2,(H,32,33)(H,34,35). The number of aromatic amines is 1. The molecular formula is C25H17F4N3O5. The van der Waals surface area contributed by atoms with E-state index in [2.05, 4.69) is 20.0 Å². The Morgan fingerprint density at radius 3 is 2.68 bits per heavy atom. The molecule has 0 radical (unpaired) electrons. The fourth-order valence-corrected chi connectivity index (χ4v) is 4.36. The van der Waals surface area contributed by atoms with Crippen LogP contribution in [-0.4, -0.2) is 39.9 Å². The molecule has 8 nitrogen and oxygen atoms in total. The number of nitrogens with zero attached hydrogens (tertiary/aromatic N) is 1. The van der Waals surface area contributed by atoms with Crippen molar-refractivity contribution in [3.05, 3.63) is 89.1 Å². The van der Waals surface area contributed by atoms with E-state index in [0.29, 0.717) is 16.7 Å². The summed E-state index contributed by atoms with van der Waals surface area (Å²) in [5, 5.41) is 12.6. The van der Waals surface area contributed by atoms with Crippen LogP contribution in [0.1, 0.15) is 38.5 Å². The number of hydrogen-bond donors (Lipinski definition) is 3. The van der Waals surface area contributed by atoms with Gasteiger partial charge in [-0.2, -0.15) is 0 Å². The number of carboxylic acid groups (broad SMARTS) is 1. The number of carboxylic acids is 1. The molecule has 2 aromatic carbocycles. The van der Waals surface area contributed by atoms with Crippen LogP contribution in [0.4, 0.5) is 17.6 Å². The quantitative estimate of drug-likeness (QED) is 0.331. The Morgan fingerprint density at radius 2 is 1.95 bits per heavy atom. The zero-order valence-corrected chi connectivity index (χ0v) is 18.7. The van der Waals surface area contributed by atoms with Gasteiger partial charge in [-0.15, -0.1) is 13.2 Å². The molecule has 3 heterocycles. The lowest BCUT2D eigenvalue weighted by atomic mass is 9.81. The summed E-state index contributed by atoms with van der Waals surface area (Å²) in [7, 11) is 0. The number of amides is 1. The van der Waals surface area contributed by atoms with E-state index >= 15 is 0 Å². The van der Waals surface area contributed by atoms with Crippen molar-refractivity contribution in [2.24, 2.45) is 0 Å². The van der Waals surface area contributed by atoms with Gasteiger partial charge < -0.3 is 24.9 Å². The monoisotopic (exact) mass is 515 g/mol. The summed E-state index contributed by atoms with van der Waals surface area (Å²) in [4.78, 5) is 31.8. The normalized spacial score (nSPS) is 17.1. The Hall–Kier alpha value is -4.61. The summed E-state index contributed by atoms with van der Waals surface area (Å²) in [5.41, 5.74) is -0.571. The van der Waals surface area contributed by atoms with Gasteiger partial charge in [0, 0.05) is 29.1 Å². The van der Waals surface area contributed by atoms with Crippen LogP contribution in [0.15, 0.2) is 60.8 Å². The molecule has 0 bridgehead atoms. The summed E-state index contributed by atoms with van der Waals surface area (Å²) in [6.45, 7) is 0.0963. The topological polar surface area (TPSA) is 114 Å². The van der Waals surface area contributed by atoms with Crippen molar-refractivity contribution < 1.29 is 41.7 Å².